The molecule has 1 N–H and O–H groups in total. The van der Waals surface area contributed by atoms with E-state index in [2.05, 4.69) is 25.8 Å². The highest BCUT2D eigenvalue weighted by atomic mass is 32.1. The van der Waals surface area contributed by atoms with Gasteiger partial charge in [-0.2, -0.15) is 0 Å². The van der Waals surface area contributed by atoms with Gasteiger partial charge in [0.25, 0.3) is 5.78 Å². The predicted octanol–water partition coefficient (Wildman–Crippen LogP) is 5.99. The lowest BCUT2D eigenvalue weighted by molar-refractivity contribution is -0.132. The topological polar surface area (TPSA) is 70.5 Å². The number of aliphatic hydroxyl groups excluding tert-OH is 1. The van der Waals surface area contributed by atoms with Crippen LogP contribution in [0.2, 0.25) is 0 Å². The first-order valence-corrected chi connectivity index (χ1v) is 11.7. The standard InChI is InChI=1S/C27H28N2O3S/c1-15-7-9-19(10-8-15)23(30)21-22(18-11-13-20(14-12-18)27(4,5)6)29(25(32)24(21)31)26-28-16(2)17(3)33-26/h7-14,22,30H,1-6H3. The number of Topliss-reactive ketones (excluding diaryl/α,β-unsaturated/α-hetero) is 1. The third-order valence-electron chi connectivity index (χ3n) is 6.09. The van der Waals surface area contributed by atoms with Gasteiger partial charge in [0.2, 0.25) is 0 Å². The Morgan fingerprint density at radius 3 is 2.09 bits per heavy atom. The predicted molar refractivity (Wildman–Crippen MR) is 133 cm³/mol. The summed E-state index contributed by atoms with van der Waals surface area (Å²) in [5.74, 6) is -1.56. The fraction of sp³-hybridized carbons (Fsp3) is 0.296. The van der Waals surface area contributed by atoms with Gasteiger partial charge in [0.15, 0.2) is 5.13 Å². The van der Waals surface area contributed by atoms with Gasteiger partial charge in [0.05, 0.1) is 17.3 Å². The first-order chi connectivity index (χ1) is 15.5. The fourth-order valence-electron chi connectivity index (χ4n) is 3.94. The summed E-state index contributed by atoms with van der Waals surface area (Å²) >= 11 is 1.37. The Hall–Kier alpha value is -3.25. The van der Waals surface area contributed by atoms with E-state index < -0.39 is 17.7 Å². The zero-order chi connectivity index (χ0) is 24.1. The van der Waals surface area contributed by atoms with Gasteiger partial charge < -0.3 is 5.11 Å². The van der Waals surface area contributed by atoms with Crippen molar-refractivity contribution in [2.24, 2.45) is 0 Å². The highest BCUT2D eigenvalue weighted by molar-refractivity contribution is 7.16. The average molecular weight is 461 g/mol. The summed E-state index contributed by atoms with van der Waals surface area (Å²) in [7, 11) is 0. The van der Waals surface area contributed by atoms with Crippen LogP contribution in [-0.2, 0) is 15.0 Å². The minimum absolute atomic E-state index is 0.0359. The van der Waals surface area contributed by atoms with Crippen LogP contribution in [0, 0.1) is 20.8 Å². The molecule has 2 heterocycles. The van der Waals surface area contributed by atoms with E-state index >= 15 is 0 Å². The molecule has 4 rings (SSSR count). The van der Waals surface area contributed by atoms with Gasteiger partial charge in [0, 0.05) is 10.4 Å². The van der Waals surface area contributed by atoms with Crippen LogP contribution in [0.15, 0.2) is 54.1 Å². The second kappa shape index (κ2) is 8.27. The van der Waals surface area contributed by atoms with Crippen molar-refractivity contribution in [2.45, 2.75) is 53.0 Å². The van der Waals surface area contributed by atoms with Crippen molar-refractivity contribution < 1.29 is 14.7 Å². The molecule has 6 heteroatoms. The van der Waals surface area contributed by atoms with Crippen molar-refractivity contribution in [3.63, 3.8) is 0 Å². The fourth-order valence-corrected chi connectivity index (χ4v) is 4.87. The molecule has 1 amide bonds. The van der Waals surface area contributed by atoms with E-state index in [1.165, 1.54) is 16.2 Å². The summed E-state index contributed by atoms with van der Waals surface area (Å²) in [5, 5.41) is 11.7. The van der Waals surface area contributed by atoms with Crippen molar-refractivity contribution in [3.05, 3.63) is 86.9 Å². The van der Waals surface area contributed by atoms with Crippen LogP contribution < -0.4 is 4.90 Å². The number of benzene rings is 2. The molecule has 33 heavy (non-hydrogen) atoms. The average Bonchev–Trinajstić information content (AvgIpc) is 3.23. The summed E-state index contributed by atoms with van der Waals surface area (Å²) in [6, 6.07) is 14.4. The SMILES string of the molecule is Cc1ccc(C(O)=C2C(=O)C(=O)N(c3nc(C)c(C)s3)C2c2ccc(C(C)(C)C)cc2)cc1. The molecule has 0 saturated carbocycles. The minimum atomic E-state index is -0.759. The number of hydrogen-bond donors (Lipinski definition) is 1. The third-order valence-corrected chi connectivity index (χ3v) is 7.16. The summed E-state index contributed by atoms with van der Waals surface area (Å²) in [6.45, 7) is 12.2. The van der Waals surface area contributed by atoms with Crippen LogP contribution in [-0.4, -0.2) is 21.8 Å². The molecule has 0 spiro atoms. The molecule has 170 valence electrons. The number of anilines is 1. The molecule has 0 aliphatic carbocycles. The molecular weight excluding hydrogens is 432 g/mol. The van der Waals surface area contributed by atoms with Gasteiger partial charge in [-0.3, -0.25) is 14.5 Å². The molecule has 1 aliphatic heterocycles. The number of rotatable bonds is 3. The Morgan fingerprint density at radius 2 is 1.58 bits per heavy atom. The van der Waals surface area contributed by atoms with Crippen molar-refractivity contribution in [1.82, 2.24) is 4.98 Å². The smallest absolute Gasteiger partial charge is 0.301 e. The molecule has 3 aromatic rings. The second-order valence-corrected chi connectivity index (χ2v) is 10.7. The summed E-state index contributed by atoms with van der Waals surface area (Å²) in [5.41, 5.74) is 4.29. The monoisotopic (exact) mass is 460 g/mol. The molecule has 1 atom stereocenters. The van der Waals surface area contributed by atoms with Crippen LogP contribution in [0.4, 0.5) is 5.13 Å². The van der Waals surface area contributed by atoms with E-state index in [0.29, 0.717) is 10.7 Å². The summed E-state index contributed by atoms with van der Waals surface area (Å²) in [4.78, 5) is 33.4. The van der Waals surface area contributed by atoms with Crippen LogP contribution in [0.5, 0.6) is 0 Å². The zero-order valence-electron chi connectivity index (χ0n) is 19.8. The minimum Gasteiger partial charge on any atom is -0.507 e. The number of hydrogen-bond acceptors (Lipinski definition) is 5. The van der Waals surface area contributed by atoms with Crippen LogP contribution in [0.3, 0.4) is 0 Å². The molecule has 5 nitrogen and oxygen atoms in total. The maximum absolute atomic E-state index is 13.2. The first kappa shape index (κ1) is 22.9. The second-order valence-electron chi connectivity index (χ2n) is 9.55. The van der Waals surface area contributed by atoms with Crippen molar-refractivity contribution in [3.8, 4) is 0 Å². The van der Waals surface area contributed by atoms with E-state index in [0.717, 1.165) is 27.3 Å². The Kier molecular flexibility index (Phi) is 5.74. The number of ketones is 1. The number of carbonyl (C=O) groups excluding carboxylic acids is 2. The highest BCUT2D eigenvalue weighted by Crippen LogP contribution is 2.44. The third kappa shape index (κ3) is 4.11. The van der Waals surface area contributed by atoms with E-state index in [-0.39, 0.29) is 16.7 Å². The van der Waals surface area contributed by atoms with Crippen LogP contribution >= 0.6 is 11.3 Å². The van der Waals surface area contributed by atoms with E-state index in [1.54, 1.807) is 12.1 Å². The molecule has 1 fully saturated rings. The van der Waals surface area contributed by atoms with Gasteiger partial charge in [-0.15, -0.1) is 11.3 Å². The van der Waals surface area contributed by atoms with Crippen molar-refractivity contribution in [1.29, 1.82) is 0 Å². The maximum atomic E-state index is 13.2. The van der Waals surface area contributed by atoms with Gasteiger partial charge in [-0.25, -0.2) is 4.98 Å². The number of aromatic nitrogens is 1. The van der Waals surface area contributed by atoms with Gasteiger partial charge in [-0.05, 0) is 37.3 Å². The molecule has 1 saturated heterocycles. The van der Waals surface area contributed by atoms with Crippen molar-refractivity contribution in [2.75, 3.05) is 4.90 Å². The van der Waals surface area contributed by atoms with Crippen LogP contribution in [0.25, 0.3) is 5.76 Å². The number of aliphatic hydroxyl groups is 1. The molecule has 2 aromatic carbocycles. The lowest BCUT2D eigenvalue weighted by Gasteiger charge is -2.24. The van der Waals surface area contributed by atoms with Gasteiger partial charge >= 0.3 is 5.91 Å². The molecule has 0 radical (unpaired) electrons. The maximum Gasteiger partial charge on any atom is 0.301 e. The Balaban J connectivity index is 1.92. The molecule has 1 aromatic heterocycles. The quantitative estimate of drug-likeness (QED) is 0.296. The highest BCUT2D eigenvalue weighted by Gasteiger charge is 2.48. The summed E-state index contributed by atoms with van der Waals surface area (Å²) in [6.07, 6.45) is 0. The van der Waals surface area contributed by atoms with E-state index in [9.17, 15) is 14.7 Å². The normalized spacial score (nSPS) is 18.2. The van der Waals surface area contributed by atoms with E-state index in [1.807, 2.05) is 57.2 Å². The Morgan fingerprint density at radius 1 is 0.970 bits per heavy atom. The lowest BCUT2D eigenvalue weighted by Crippen LogP contribution is -2.29. The largest absolute Gasteiger partial charge is 0.507 e. The molecule has 0 bridgehead atoms. The van der Waals surface area contributed by atoms with E-state index in [4.69, 9.17) is 0 Å². The van der Waals surface area contributed by atoms with Gasteiger partial charge in [-0.1, -0.05) is 74.9 Å². The number of aryl methyl sites for hydroxylation is 3. The first-order valence-electron chi connectivity index (χ1n) is 10.9. The number of amides is 1. The number of nitrogens with zero attached hydrogens (tertiary/aromatic N) is 2. The van der Waals surface area contributed by atoms with Gasteiger partial charge in [0.1, 0.15) is 5.76 Å². The van der Waals surface area contributed by atoms with Crippen molar-refractivity contribution >= 4 is 33.9 Å². The number of thiazole rings is 1. The van der Waals surface area contributed by atoms with Crippen LogP contribution in [0.1, 0.15) is 59.6 Å². The number of carbonyl (C=O) groups is 2. The Bertz CT molecular complexity index is 1240. The zero-order valence-corrected chi connectivity index (χ0v) is 20.6. The molecule has 1 unspecified atom stereocenters. The molecular formula is C27H28N2O3S. The lowest BCUT2D eigenvalue weighted by atomic mass is 9.85. The molecule has 1 aliphatic rings. The Labute approximate surface area is 198 Å². The summed E-state index contributed by atoms with van der Waals surface area (Å²) < 4.78 is 0.